The second-order valence-electron chi connectivity index (χ2n) is 8.57. The SMILES string of the molecule is COc1cccc(N2CCCN3C4C(=O)N(C/C=C/c5ccccc5)C(=O)N(C)C4NC23)c1. The van der Waals surface area contributed by atoms with Crippen LogP contribution in [0.1, 0.15) is 12.0 Å². The Morgan fingerprint density at radius 1 is 1.09 bits per heavy atom. The molecule has 8 heteroatoms. The van der Waals surface area contributed by atoms with Crippen molar-refractivity contribution in [2.24, 2.45) is 0 Å². The summed E-state index contributed by atoms with van der Waals surface area (Å²) in [5.41, 5.74) is 2.06. The molecule has 3 saturated heterocycles. The molecule has 0 bridgehead atoms. The normalized spacial score (nSPS) is 25.5. The number of rotatable bonds is 5. The van der Waals surface area contributed by atoms with E-state index >= 15 is 0 Å². The molecular formula is C25H29N5O3. The predicted molar refractivity (Wildman–Crippen MR) is 127 cm³/mol. The zero-order valence-electron chi connectivity index (χ0n) is 18.9. The second kappa shape index (κ2) is 8.88. The van der Waals surface area contributed by atoms with Crippen LogP contribution in [0.3, 0.4) is 0 Å². The van der Waals surface area contributed by atoms with Crippen LogP contribution in [0.5, 0.6) is 5.75 Å². The van der Waals surface area contributed by atoms with E-state index in [1.54, 1.807) is 19.1 Å². The molecule has 3 aliphatic rings. The van der Waals surface area contributed by atoms with Gasteiger partial charge in [-0.3, -0.25) is 19.9 Å². The van der Waals surface area contributed by atoms with Crippen molar-refractivity contribution in [2.75, 3.05) is 38.7 Å². The minimum absolute atomic E-state index is 0.150. The minimum atomic E-state index is -0.420. The number of methoxy groups -OCH3 is 1. The highest BCUT2D eigenvalue weighted by molar-refractivity contribution is 6.00. The number of hydrogen-bond donors (Lipinski definition) is 1. The van der Waals surface area contributed by atoms with Crippen LogP contribution < -0.4 is 15.0 Å². The Kier molecular flexibility index (Phi) is 5.78. The second-order valence-corrected chi connectivity index (χ2v) is 8.57. The van der Waals surface area contributed by atoms with Gasteiger partial charge in [0, 0.05) is 38.4 Å². The molecule has 2 aromatic rings. The van der Waals surface area contributed by atoms with Crippen molar-refractivity contribution in [3.63, 3.8) is 0 Å². The largest absolute Gasteiger partial charge is 0.497 e. The molecule has 3 aliphatic heterocycles. The first-order valence-corrected chi connectivity index (χ1v) is 11.3. The molecule has 2 aromatic carbocycles. The Hall–Kier alpha value is -3.36. The molecule has 33 heavy (non-hydrogen) atoms. The molecule has 8 nitrogen and oxygen atoms in total. The third-order valence-corrected chi connectivity index (χ3v) is 6.65. The van der Waals surface area contributed by atoms with Gasteiger partial charge in [-0.15, -0.1) is 0 Å². The van der Waals surface area contributed by atoms with Crippen LogP contribution in [-0.2, 0) is 4.79 Å². The third kappa shape index (κ3) is 3.85. The lowest BCUT2D eigenvalue weighted by Gasteiger charge is -2.43. The van der Waals surface area contributed by atoms with E-state index in [2.05, 4.69) is 15.1 Å². The number of likely N-dealkylation sites (N-methyl/N-ethyl adjacent to an activating group) is 1. The first-order valence-electron chi connectivity index (χ1n) is 11.3. The van der Waals surface area contributed by atoms with Gasteiger partial charge < -0.3 is 14.5 Å². The zero-order chi connectivity index (χ0) is 22.9. The molecule has 0 saturated carbocycles. The maximum atomic E-state index is 13.5. The Balaban J connectivity index is 1.37. The van der Waals surface area contributed by atoms with E-state index in [-0.39, 0.29) is 30.9 Å². The monoisotopic (exact) mass is 447 g/mol. The number of fused-ring (bicyclic) bond motifs is 3. The van der Waals surface area contributed by atoms with E-state index in [0.29, 0.717) is 0 Å². The van der Waals surface area contributed by atoms with Gasteiger partial charge >= 0.3 is 6.03 Å². The summed E-state index contributed by atoms with van der Waals surface area (Å²) in [5, 5.41) is 3.54. The van der Waals surface area contributed by atoms with Gasteiger partial charge in [-0.2, -0.15) is 0 Å². The third-order valence-electron chi connectivity index (χ3n) is 6.65. The Morgan fingerprint density at radius 3 is 2.70 bits per heavy atom. The van der Waals surface area contributed by atoms with Crippen molar-refractivity contribution >= 4 is 23.7 Å². The number of carbonyl (C=O) groups is 2. The average molecular weight is 448 g/mol. The summed E-state index contributed by atoms with van der Waals surface area (Å²) in [4.78, 5) is 34.0. The number of nitrogens with one attached hydrogen (secondary N) is 1. The number of nitrogens with zero attached hydrogens (tertiary/aromatic N) is 4. The van der Waals surface area contributed by atoms with E-state index in [9.17, 15) is 9.59 Å². The predicted octanol–water partition coefficient (Wildman–Crippen LogP) is 2.40. The van der Waals surface area contributed by atoms with Gasteiger partial charge in [-0.05, 0) is 24.1 Å². The molecule has 3 unspecified atom stereocenters. The molecule has 3 fully saturated rings. The summed E-state index contributed by atoms with van der Waals surface area (Å²) in [6.07, 6.45) is 4.21. The van der Waals surface area contributed by atoms with Crippen molar-refractivity contribution in [2.45, 2.75) is 24.9 Å². The van der Waals surface area contributed by atoms with Gasteiger partial charge in [0.05, 0.1) is 7.11 Å². The molecule has 0 radical (unpaired) electrons. The summed E-state index contributed by atoms with van der Waals surface area (Å²) in [6, 6.07) is 17.1. The summed E-state index contributed by atoms with van der Waals surface area (Å²) in [7, 11) is 3.42. The molecule has 0 aromatic heterocycles. The van der Waals surface area contributed by atoms with E-state index in [1.165, 1.54) is 4.90 Å². The standard InChI is InChI=1S/C25H29N5O3/c1-27-22-21(23(31)30(25(27)32)14-7-11-18-9-4-3-5-10-18)29-16-8-15-28(24(29)26-22)19-12-6-13-20(17-19)33-2/h3-7,9-13,17,21-22,24,26H,8,14-16H2,1-2H3/b11-7+. The number of urea groups is 1. The highest BCUT2D eigenvalue weighted by atomic mass is 16.5. The number of ether oxygens (including phenoxy) is 1. The minimum Gasteiger partial charge on any atom is -0.497 e. The van der Waals surface area contributed by atoms with Gasteiger partial charge in [-0.1, -0.05) is 48.6 Å². The van der Waals surface area contributed by atoms with Crippen LogP contribution >= 0.6 is 0 Å². The van der Waals surface area contributed by atoms with Crippen LogP contribution in [-0.4, -0.2) is 78.9 Å². The highest BCUT2D eigenvalue weighted by Gasteiger charge is 2.55. The van der Waals surface area contributed by atoms with Gasteiger partial charge in [0.1, 0.15) is 24.2 Å². The summed E-state index contributed by atoms with van der Waals surface area (Å²) in [6.45, 7) is 1.90. The van der Waals surface area contributed by atoms with Crippen molar-refractivity contribution in [3.05, 3.63) is 66.2 Å². The van der Waals surface area contributed by atoms with Crippen molar-refractivity contribution in [1.29, 1.82) is 0 Å². The number of hydrogen-bond acceptors (Lipinski definition) is 6. The molecule has 3 heterocycles. The highest BCUT2D eigenvalue weighted by Crippen LogP contribution is 2.34. The van der Waals surface area contributed by atoms with Crippen LogP contribution in [0.2, 0.25) is 0 Å². The van der Waals surface area contributed by atoms with Crippen LogP contribution in [0.25, 0.3) is 6.08 Å². The molecule has 5 rings (SSSR count). The number of imide groups is 1. The lowest BCUT2D eigenvalue weighted by Crippen LogP contribution is -2.66. The molecule has 172 valence electrons. The molecular weight excluding hydrogens is 418 g/mol. The van der Waals surface area contributed by atoms with Gasteiger partial charge in [0.2, 0.25) is 0 Å². The number of amides is 3. The smallest absolute Gasteiger partial charge is 0.328 e. The van der Waals surface area contributed by atoms with Crippen LogP contribution in [0.4, 0.5) is 10.5 Å². The number of anilines is 1. The molecule has 0 spiro atoms. The van der Waals surface area contributed by atoms with Crippen LogP contribution in [0.15, 0.2) is 60.7 Å². The Bertz CT molecular complexity index is 1060. The van der Waals surface area contributed by atoms with Crippen molar-refractivity contribution in [3.8, 4) is 5.75 Å². The van der Waals surface area contributed by atoms with Gasteiger partial charge in [0.25, 0.3) is 5.91 Å². The first kappa shape index (κ1) is 21.5. The molecule has 3 atom stereocenters. The molecule has 0 aliphatic carbocycles. The first-order chi connectivity index (χ1) is 16.1. The van der Waals surface area contributed by atoms with E-state index < -0.39 is 6.04 Å². The Labute approximate surface area is 194 Å². The fourth-order valence-corrected chi connectivity index (χ4v) is 5.00. The van der Waals surface area contributed by atoms with E-state index in [1.807, 2.05) is 66.7 Å². The Morgan fingerprint density at radius 2 is 1.91 bits per heavy atom. The molecule has 3 amide bonds. The van der Waals surface area contributed by atoms with Crippen molar-refractivity contribution in [1.82, 2.24) is 20.0 Å². The fraction of sp³-hybridized carbons (Fsp3) is 0.360. The average Bonchev–Trinajstić information content (AvgIpc) is 3.25. The lowest BCUT2D eigenvalue weighted by molar-refractivity contribution is -0.138. The maximum Gasteiger partial charge on any atom is 0.328 e. The summed E-state index contributed by atoms with van der Waals surface area (Å²) in [5.74, 6) is 0.642. The van der Waals surface area contributed by atoms with Crippen molar-refractivity contribution < 1.29 is 14.3 Å². The number of benzene rings is 2. The summed E-state index contributed by atoms with van der Waals surface area (Å²) < 4.78 is 5.40. The number of carbonyl (C=O) groups excluding carboxylic acids is 2. The van der Waals surface area contributed by atoms with Crippen LogP contribution in [0, 0.1) is 0 Å². The maximum absolute atomic E-state index is 13.5. The zero-order valence-corrected chi connectivity index (χ0v) is 18.9. The van der Waals surface area contributed by atoms with E-state index in [0.717, 1.165) is 36.5 Å². The van der Waals surface area contributed by atoms with Gasteiger partial charge in [0.15, 0.2) is 0 Å². The molecule has 1 N–H and O–H groups in total. The topological polar surface area (TPSA) is 68.4 Å². The fourth-order valence-electron chi connectivity index (χ4n) is 5.00. The van der Waals surface area contributed by atoms with Gasteiger partial charge in [-0.25, -0.2) is 4.79 Å². The quantitative estimate of drug-likeness (QED) is 0.759. The van der Waals surface area contributed by atoms with E-state index in [4.69, 9.17) is 4.74 Å². The lowest BCUT2D eigenvalue weighted by atomic mass is 10.1. The summed E-state index contributed by atoms with van der Waals surface area (Å²) >= 11 is 0.